The Bertz CT molecular complexity index is 1170. The van der Waals surface area contributed by atoms with Crippen LogP contribution in [-0.2, 0) is 6.16 Å². The second kappa shape index (κ2) is 13.0. The van der Waals surface area contributed by atoms with E-state index in [1.807, 2.05) is 18.7 Å². The lowest BCUT2D eigenvalue weighted by atomic mass is 10.1. The van der Waals surface area contributed by atoms with Crippen LogP contribution in [0.1, 0.15) is 30.5 Å². The third-order valence-corrected chi connectivity index (χ3v) is 11.3. The average molecular weight is 577 g/mol. The molecule has 0 fully saturated rings. The first-order valence-corrected chi connectivity index (χ1v) is 14.7. The molecule has 0 aromatic heterocycles. The van der Waals surface area contributed by atoms with Gasteiger partial charge in [0.1, 0.15) is 23.2 Å². The highest BCUT2D eigenvalue weighted by Crippen LogP contribution is 2.58. The third-order valence-electron chi connectivity index (χ3n) is 6.89. The van der Waals surface area contributed by atoms with Crippen molar-refractivity contribution >= 4 is 51.9 Å². The Morgan fingerprint density at radius 3 is 1.43 bits per heavy atom. The number of aryl methyl sites for hydroxylation is 2. The van der Waals surface area contributed by atoms with Crippen LogP contribution in [0.15, 0.2) is 103 Å². The van der Waals surface area contributed by atoms with Gasteiger partial charge in [-0.15, -0.1) is 17.0 Å². The summed E-state index contributed by atoms with van der Waals surface area (Å²) in [5, 5.41) is 7.28. The molecule has 4 aromatic carbocycles. The third kappa shape index (κ3) is 6.14. The summed E-state index contributed by atoms with van der Waals surface area (Å²) in [5.74, 6) is 0. The number of benzene rings is 4. The minimum Gasteiger partial charge on any atom is -0.325 e. The summed E-state index contributed by atoms with van der Waals surface area (Å²) in [6, 6.07) is 37.4. The maximum atomic E-state index is 12.8. The van der Waals surface area contributed by atoms with E-state index in [9.17, 15) is 4.79 Å². The standard InChI is InChI=1S/C32H35N2OP.BrH/c1-5-34(6-2)32(35)33-31-25(3)22-27(23-26(31)4)24-36(28-16-10-7-11-17-28,29-18-12-8-13-19-29)30-20-14-9-15-21-30;/h7-23H,5-6,24H2,1-4H3;1H/p+1. The molecule has 5 heteroatoms. The molecular formula is C32H37BrN2OP+. The molecular weight excluding hydrogens is 539 g/mol. The van der Waals surface area contributed by atoms with Crippen LogP contribution in [0.3, 0.4) is 0 Å². The summed E-state index contributed by atoms with van der Waals surface area (Å²) in [4.78, 5) is 14.6. The molecule has 0 bridgehead atoms. The van der Waals surface area contributed by atoms with E-state index >= 15 is 0 Å². The van der Waals surface area contributed by atoms with Gasteiger partial charge in [0.05, 0.1) is 6.16 Å². The number of urea groups is 1. The molecule has 0 saturated heterocycles. The van der Waals surface area contributed by atoms with Crippen molar-refractivity contribution in [1.82, 2.24) is 4.90 Å². The summed E-state index contributed by atoms with van der Waals surface area (Å²) in [6.45, 7) is 9.59. The van der Waals surface area contributed by atoms with Crippen molar-refractivity contribution in [2.45, 2.75) is 33.9 Å². The molecule has 1 N–H and O–H groups in total. The highest BCUT2D eigenvalue weighted by atomic mass is 79.9. The fourth-order valence-electron chi connectivity index (χ4n) is 5.08. The van der Waals surface area contributed by atoms with E-state index < -0.39 is 7.26 Å². The van der Waals surface area contributed by atoms with Crippen molar-refractivity contribution in [3.8, 4) is 0 Å². The number of carbonyl (C=O) groups excluding carboxylic acids is 1. The van der Waals surface area contributed by atoms with Gasteiger partial charge < -0.3 is 10.2 Å². The van der Waals surface area contributed by atoms with Gasteiger partial charge in [-0.3, -0.25) is 0 Å². The molecule has 0 unspecified atom stereocenters. The second-order valence-electron chi connectivity index (χ2n) is 9.18. The fraction of sp³-hybridized carbons (Fsp3) is 0.219. The summed E-state index contributed by atoms with van der Waals surface area (Å²) in [6.07, 6.45) is 0.914. The highest BCUT2D eigenvalue weighted by Gasteiger charge is 2.45. The molecule has 3 nitrogen and oxygen atoms in total. The second-order valence-corrected chi connectivity index (χ2v) is 12.7. The molecule has 0 aliphatic carbocycles. The zero-order valence-corrected chi connectivity index (χ0v) is 24.8. The highest BCUT2D eigenvalue weighted by molar-refractivity contribution is 8.93. The summed E-state index contributed by atoms with van der Waals surface area (Å²) < 4.78 is 0. The number of carbonyl (C=O) groups is 1. The molecule has 37 heavy (non-hydrogen) atoms. The van der Waals surface area contributed by atoms with E-state index in [1.165, 1.54) is 21.5 Å². The lowest BCUT2D eigenvalue weighted by Gasteiger charge is -2.28. The molecule has 4 aromatic rings. The van der Waals surface area contributed by atoms with Gasteiger partial charge in [0.15, 0.2) is 0 Å². The van der Waals surface area contributed by atoms with E-state index in [4.69, 9.17) is 0 Å². The maximum Gasteiger partial charge on any atom is 0.321 e. The normalized spacial score (nSPS) is 10.9. The number of amides is 2. The molecule has 2 amide bonds. The number of rotatable bonds is 8. The molecule has 0 aliphatic heterocycles. The van der Waals surface area contributed by atoms with Crippen molar-refractivity contribution in [2.75, 3.05) is 18.4 Å². The van der Waals surface area contributed by atoms with E-state index in [2.05, 4.69) is 122 Å². The number of hydrogen-bond acceptors (Lipinski definition) is 1. The van der Waals surface area contributed by atoms with Gasteiger partial charge in [0.25, 0.3) is 0 Å². The molecule has 0 aliphatic rings. The topological polar surface area (TPSA) is 32.3 Å². The predicted molar refractivity (Wildman–Crippen MR) is 167 cm³/mol. The average Bonchev–Trinajstić information content (AvgIpc) is 2.91. The minimum atomic E-state index is -1.98. The smallest absolute Gasteiger partial charge is 0.321 e. The van der Waals surface area contributed by atoms with E-state index in [0.717, 1.165) is 23.0 Å². The Labute approximate surface area is 233 Å². The van der Waals surface area contributed by atoms with E-state index in [-0.39, 0.29) is 23.0 Å². The zero-order valence-electron chi connectivity index (χ0n) is 22.1. The van der Waals surface area contributed by atoms with Gasteiger partial charge in [-0.1, -0.05) is 66.7 Å². The summed E-state index contributed by atoms with van der Waals surface area (Å²) in [5.41, 5.74) is 4.39. The zero-order chi connectivity index (χ0) is 25.5. The predicted octanol–water partition coefficient (Wildman–Crippen LogP) is 7.25. The van der Waals surface area contributed by atoms with Crippen molar-refractivity contribution in [2.24, 2.45) is 0 Å². The Balaban J connectivity index is 0.00000380. The van der Waals surface area contributed by atoms with Crippen molar-refractivity contribution < 1.29 is 4.79 Å². The first-order valence-electron chi connectivity index (χ1n) is 12.7. The van der Waals surface area contributed by atoms with Crippen LogP contribution in [0.5, 0.6) is 0 Å². The lowest BCUT2D eigenvalue weighted by molar-refractivity contribution is 0.217. The van der Waals surface area contributed by atoms with Crippen molar-refractivity contribution in [1.29, 1.82) is 0 Å². The Kier molecular flexibility index (Phi) is 10.1. The maximum absolute atomic E-state index is 12.8. The van der Waals surface area contributed by atoms with Crippen LogP contribution in [0.2, 0.25) is 0 Å². The molecule has 0 spiro atoms. The van der Waals surface area contributed by atoms with Crippen LogP contribution in [0.25, 0.3) is 0 Å². The van der Waals surface area contributed by atoms with Gasteiger partial charge in [0, 0.05) is 18.8 Å². The number of halogens is 1. The van der Waals surface area contributed by atoms with Crippen LogP contribution in [0, 0.1) is 13.8 Å². The SMILES string of the molecule is Br.CCN(CC)C(=O)Nc1c(C)cc(C[P+](c2ccccc2)(c2ccccc2)c2ccccc2)cc1C. The van der Waals surface area contributed by atoms with Crippen molar-refractivity contribution in [3.63, 3.8) is 0 Å². The molecule has 192 valence electrons. The number of anilines is 1. The van der Waals surface area contributed by atoms with E-state index in [0.29, 0.717) is 13.1 Å². The summed E-state index contributed by atoms with van der Waals surface area (Å²) in [7, 11) is -1.98. The largest absolute Gasteiger partial charge is 0.325 e. The minimum absolute atomic E-state index is 0. The number of nitrogens with one attached hydrogen (secondary N) is 1. The first-order chi connectivity index (χ1) is 17.5. The fourth-order valence-corrected chi connectivity index (χ4v) is 9.30. The molecule has 0 heterocycles. The number of hydrogen-bond donors (Lipinski definition) is 1. The van der Waals surface area contributed by atoms with Crippen LogP contribution >= 0.6 is 24.2 Å². The molecule has 0 atom stereocenters. The van der Waals surface area contributed by atoms with Gasteiger partial charge in [0.2, 0.25) is 0 Å². The van der Waals surface area contributed by atoms with Gasteiger partial charge in [-0.25, -0.2) is 4.79 Å². The van der Waals surface area contributed by atoms with Crippen LogP contribution < -0.4 is 21.2 Å². The Hall–Kier alpha value is -2.94. The quantitative estimate of drug-likeness (QED) is 0.220. The van der Waals surface area contributed by atoms with Crippen LogP contribution in [-0.4, -0.2) is 24.0 Å². The molecule has 0 radical (unpaired) electrons. The van der Waals surface area contributed by atoms with Crippen molar-refractivity contribution in [3.05, 3.63) is 120 Å². The summed E-state index contributed by atoms with van der Waals surface area (Å²) >= 11 is 0. The molecule has 4 rings (SSSR count). The van der Waals surface area contributed by atoms with Crippen LogP contribution in [0.4, 0.5) is 10.5 Å². The van der Waals surface area contributed by atoms with Gasteiger partial charge >= 0.3 is 6.03 Å². The Morgan fingerprint density at radius 1 is 0.703 bits per heavy atom. The monoisotopic (exact) mass is 575 g/mol. The number of nitrogens with zero attached hydrogens (tertiary/aromatic N) is 1. The first kappa shape index (κ1) is 28.6. The van der Waals surface area contributed by atoms with Gasteiger partial charge in [-0.05, 0) is 80.8 Å². The van der Waals surface area contributed by atoms with Gasteiger partial charge in [-0.2, -0.15) is 0 Å². The molecule has 0 saturated carbocycles. The lowest BCUT2D eigenvalue weighted by Crippen LogP contribution is -2.35. The Morgan fingerprint density at radius 2 is 1.08 bits per heavy atom. The van der Waals surface area contributed by atoms with E-state index in [1.54, 1.807) is 0 Å².